The molecule has 1 rings (SSSR count). The second-order valence-electron chi connectivity index (χ2n) is 20.2. The Kier molecular flexibility index (Phi) is 47.0. The van der Waals surface area contributed by atoms with Gasteiger partial charge in [-0.1, -0.05) is 203 Å². The molecular weight excluding hydrogens is 949 g/mol. The zero-order valence-corrected chi connectivity index (χ0v) is 47.3. The maximum atomic E-state index is 13.1. The lowest BCUT2D eigenvalue weighted by Gasteiger charge is -2.40. The Morgan fingerprint density at radius 2 is 0.867 bits per heavy atom. The molecule has 12 heteroatoms. The number of allylic oxidation sites excluding steroid dienone is 12. The molecule has 1 aliphatic heterocycles. The van der Waals surface area contributed by atoms with Crippen LogP contribution in [0, 0.1) is 0 Å². The first-order chi connectivity index (χ1) is 36.6. The number of aliphatic hydroxyl groups excluding tert-OH is 2. The third-order valence-electron chi connectivity index (χ3n) is 13.2. The van der Waals surface area contributed by atoms with E-state index in [0.717, 1.165) is 128 Å². The number of unbranched alkanes of at least 4 members (excludes halogenated alkanes) is 24. The van der Waals surface area contributed by atoms with Gasteiger partial charge in [0.1, 0.15) is 18.8 Å². The van der Waals surface area contributed by atoms with Crippen molar-refractivity contribution >= 4 is 23.9 Å². The number of esters is 3. The van der Waals surface area contributed by atoms with E-state index in [0.29, 0.717) is 19.3 Å². The normalized spacial score (nSPS) is 18.7. The molecule has 0 saturated carbocycles. The molecule has 12 nitrogen and oxygen atoms in total. The van der Waals surface area contributed by atoms with Crippen molar-refractivity contribution in [3.63, 3.8) is 0 Å². The van der Waals surface area contributed by atoms with Crippen LogP contribution in [-0.4, -0.2) is 89.2 Å². The first-order valence-electron chi connectivity index (χ1n) is 29.9. The van der Waals surface area contributed by atoms with Gasteiger partial charge in [0, 0.05) is 19.3 Å². The largest absolute Gasteiger partial charge is 0.479 e. The molecule has 6 atom stereocenters. The zero-order chi connectivity index (χ0) is 54.7. The predicted molar refractivity (Wildman–Crippen MR) is 303 cm³/mol. The van der Waals surface area contributed by atoms with E-state index < -0.39 is 67.3 Å². The van der Waals surface area contributed by atoms with E-state index in [9.17, 15) is 34.5 Å². The number of aliphatic hydroxyl groups is 2. The lowest BCUT2D eigenvalue weighted by Crippen LogP contribution is -2.61. The smallest absolute Gasteiger partial charge is 0.335 e. The van der Waals surface area contributed by atoms with E-state index in [-0.39, 0.29) is 25.9 Å². The molecule has 0 amide bonds. The summed E-state index contributed by atoms with van der Waals surface area (Å²) < 4.78 is 28.4. The van der Waals surface area contributed by atoms with Crippen LogP contribution < -0.4 is 0 Å². The average Bonchev–Trinajstić information content (AvgIpc) is 3.39. The van der Waals surface area contributed by atoms with E-state index in [1.807, 2.05) is 0 Å². The average molecular weight is 1060 g/mol. The fraction of sp³-hybridized carbons (Fsp3) is 0.746. The molecule has 6 unspecified atom stereocenters. The fourth-order valence-corrected chi connectivity index (χ4v) is 8.65. The number of carbonyl (C=O) groups excluding carboxylic acids is 3. The van der Waals surface area contributed by atoms with Gasteiger partial charge in [0.25, 0.3) is 0 Å². The van der Waals surface area contributed by atoms with Gasteiger partial charge in [-0.25, -0.2) is 4.79 Å². The molecule has 0 bridgehead atoms. The Morgan fingerprint density at radius 1 is 0.453 bits per heavy atom. The minimum Gasteiger partial charge on any atom is -0.479 e. The molecule has 1 aliphatic rings. The van der Waals surface area contributed by atoms with Crippen molar-refractivity contribution in [1.29, 1.82) is 0 Å². The van der Waals surface area contributed by atoms with Crippen LogP contribution in [0.3, 0.4) is 0 Å². The SMILES string of the molecule is CC/C=C\C/C=C\C/C=C\CCCCCCCC(=O)OC(COC(=O)CCCCCCCCC/C=C\CCCCCCCC)COC1OC(C(=O)O)C(O)C(O)C1OC(=O)CCCCCCC/C=C\C/C=C\CCC. The molecule has 0 aliphatic carbocycles. The number of rotatable bonds is 50. The Balaban J connectivity index is 2.70. The first-order valence-corrected chi connectivity index (χ1v) is 29.9. The maximum absolute atomic E-state index is 13.1. The summed E-state index contributed by atoms with van der Waals surface area (Å²) in [4.78, 5) is 51.1. The van der Waals surface area contributed by atoms with Crippen molar-refractivity contribution in [3.05, 3.63) is 72.9 Å². The Morgan fingerprint density at radius 3 is 1.35 bits per heavy atom. The summed E-state index contributed by atoms with van der Waals surface area (Å²) in [6.07, 6.45) is 51.5. The van der Waals surface area contributed by atoms with Crippen molar-refractivity contribution in [1.82, 2.24) is 0 Å². The molecule has 3 N–H and O–H groups in total. The summed E-state index contributed by atoms with van der Waals surface area (Å²) in [6.45, 7) is 5.79. The molecular formula is C63H106O12. The lowest BCUT2D eigenvalue weighted by atomic mass is 9.98. The highest BCUT2D eigenvalue weighted by molar-refractivity contribution is 5.74. The van der Waals surface area contributed by atoms with Crippen LogP contribution in [0.25, 0.3) is 0 Å². The molecule has 0 radical (unpaired) electrons. The van der Waals surface area contributed by atoms with Crippen LogP contribution in [0.2, 0.25) is 0 Å². The van der Waals surface area contributed by atoms with Gasteiger partial charge in [-0.3, -0.25) is 14.4 Å². The van der Waals surface area contributed by atoms with Gasteiger partial charge in [-0.2, -0.15) is 0 Å². The number of carboxylic acid groups (broad SMARTS) is 1. The molecule has 1 heterocycles. The summed E-state index contributed by atoms with van der Waals surface area (Å²) in [5.74, 6) is -3.16. The van der Waals surface area contributed by atoms with Gasteiger partial charge in [0.05, 0.1) is 6.61 Å². The molecule has 430 valence electrons. The Bertz CT molecular complexity index is 1580. The number of aliphatic carboxylic acids is 1. The standard InChI is InChI=1S/C63H106O12/c1-4-7-10-13-16-19-22-25-27-28-30-32-34-37-40-43-46-49-55(64)71-52-54(73-56(65)50-47-44-41-38-36-33-29-26-23-20-17-14-11-8-5-2)53-72-63-61(59(68)58(67)60(75-63)62(69)70)74-57(66)51-48-45-42-39-35-31-24-21-18-15-12-9-6-3/h8,11-12,15,17,20-21,24-27,29,54,58-61,63,67-68H,4-7,9-10,13-14,16,18-19,22-23,28,30-53H2,1-3H3,(H,69,70)/b11-8-,15-12-,20-17-,24-21-,27-25-,29-26-. The van der Waals surface area contributed by atoms with Gasteiger partial charge in [0.15, 0.2) is 24.6 Å². The van der Waals surface area contributed by atoms with E-state index in [1.165, 1.54) is 64.2 Å². The highest BCUT2D eigenvalue weighted by Gasteiger charge is 2.50. The van der Waals surface area contributed by atoms with Crippen molar-refractivity contribution in [2.45, 2.75) is 289 Å². The number of ether oxygens (including phenoxy) is 5. The van der Waals surface area contributed by atoms with Gasteiger partial charge in [0.2, 0.25) is 0 Å². The minimum atomic E-state index is -1.91. The summed E-state index contributed by atoms with van der Waals surface area (Å²) in [7, 11) is 0. The summed E-state index contributed by atoms with van der Waals surface area (Å²) in [5.41, 5.74) is 0. The molecule has 0 aromatic rings. The van der Waals surface area contributed by atoms with Gasteiger partial charge >= 0.3 is 23.9 Å². The van der Waals surface area contributed by atoms with Crippen molar-refractivity contribution in [2.24, 2.45) is 0 Å². The highest BCUT2D eigenvalue weighted by Crippen LogP contribution is 2.26. The third kappa shape index (κ3) is 41.0. The predicted octanol–water partition coefficient (Wildman–Crippen LogP) is 15.3. The lowest BCUT2D eigenvalue weighted by molar-refractivity contribution is -0.301. The fourth-order valence-electron chi connectivity index (χ4n) is 8.65. The molecule has 75 heavy (non-hydrogen) atoms. The van der Waals surface area contributed by atoms with Gasteiger partial charge in [-0.05, 0) is 103 Å². The molecule has 1 fully saturated rings. The van der Waals surface area contributed by atoms with Crippen LogP contribution in [0.15, 0.2) is 72.9 Å². The van der Waals surface area contributed by atoms with Crippen LogP contribution in [0.4, 0.5) is 0 Å². The van der Waals surface area contributed by atoms with Gasteiger partial charge < -0.3 is 39.0 Å². The number of carbonyl (C=O) groups is 4. The van der Waals surface area contributed by atoms with Crippen molar-refractivity contribution < 1.29 is 58.2 Å². The van der Waals surface area contributed by atoms with Crippen molar-refractivity contribution in [3.8, 4) is 0 Å². The maximum Gasteiger partial charge on any atom is 0.335 e. The molecule has 1 saturated heterocycles. The summed E-state index contributed by atoms with van der Waals surface area (Å²) in [5, 5.41) is 31.5. The second kappa shape index (κ2) is 50.9. The first kappa shape index (κ1) is 69.2. The molecule has 0 aromatic heterocycles. The third-order valence-corrected chi connectivity index (χ3v) is 13.2. The van der Waals surface area contributed by atoms with Crippen LogP contribution in [0.1, 0.15) is 252 Å². The summed E-state index contributed by atoms with van der Waals surface area (Å²) in [6, 6.07) is 0. The zero-order valence-electron chi connectivity index (χ0n) is 47.3. The monoisotopic (exact) mass is 1050 g/mol. The van der Waals surface area contributed by atoms with E-state index >= 15 is 0 Å². The van der Waals surface area contributed by atoms with Gasteiger partial charge in [-0.15, -0.1) is 0 Å². The van der Waals surface area contributed by atoms with Crippen molar-refractivity contribution in [2.75, 3.05) is 13.2 Å². The quantitative estimate of drug-likeness (QED) is 0.0228. The topological polar surface area (TPSA) is 175 Å². The van der Waals surface area contributed by atoms with Crippen LogP contribution >= 0.6 is 0 Å². The minimum absolute atomic E-state index is 0.0400. The molecule has 0 aromatic carbocycles. The van der Waals surface area contributed by atoms with E-state index in [1.54, 1.807) is 0 Å². The number of hydrogen-bond acceptors (Lipinski definition) is 11. The van der Waals surface area contributed by atoms with E-state index in [4.69, 9.17) is 23.7 Å². The summed E-state index contributed by atoms with van der Waals surface area (Å²) >= 11 is 0. The second-order valence-corrected chi connectivity index (χ2v) is 20.2. The number of carboxylic acids is 1. The van der Waals surface area contributed by atoms with E-state index in [2.05, 4.69) is 93.7 Å². The van der Waals surface area contributed by atoms with Crippen LogP contribution in [-0.2, 0) is 42.9 Å². The number of hydrogen-bond donors (Lipinski definition) is 3. The van der Waals surface area contributed by atoms with Crippen LogP contribution in [0.5, 0.6) is 0 Å². The highest BCUT2D eigenvalue weighted by atomic mass is 16.7. The Labute approximate surface area is 455 Å². The molecule has 0 spiro atoms. The Hall–Kier alpha value is -3.84.